The Morgan fingerprint density at radius 2 is 2.19 bits per heavy atom. The number of amides is 2. The van der Waals surface area contributed by atoms with Gasteiger partial charge in [0.15, 0.2) is 0 Å². The molecule has 0 bridgehead atoms. The van der Waals surface area contributed by atoms with Crippen molar-refractivity contribution in [1.82, 2.24) is 15.3 Å². The SMILES string of the molecule is NNC(=O)C1CCN(C(=O)CSc2ncccc2Br)CC1. The lowest BCUT2D eigenvalue weighted by molar-refractivity contribution is -0.133. The smallest absolute Gasteiger partial charge is 0.237 e. The summed E-state index contributed by atoms with van der Waals surface area (Å²) in [7, 11) is 0. The molecule has 0 spiro atoms. The van der Waals surface area contributed by atoms with Crippen molar-refractivity contribution < 1.29 is 9.59 Å². The Labute approximate surface area is 135 Å². The van der Waals surface area contributed by atoms with Crippen LogP contribution in [0.3, 0.4) is 0 Å². The zero-order valence-corrected chi connectivity index (χ0v) is 13.8. The van der Waals surface area contributed by atoms with E-state index in [4.69, 9.17) is 5.84 Å². The Kier molecular flexibility index (Phi) is 6.01. The fourth-order valence-electron chi connectivity index (χ4n) is 2.21. The molecule has 0 atom stereocenters. The summed E-state index contributed by atoms with van der Waals surface area (Å²) >= 11 is 4.82. The molecule has 1 aliphatic rings. The number of hydrogen-bond acceptors (Lipinski definition) is 5. The average Bonchev–Trinajstić information content (AvgIpc) is 2.53. The lowest BCUT2D eigenvalue weighted by Gasteiger charge is -2.31. The Bertz CT molecular complexity index is 521. The van der Waals surface area contributed by atoms with Crippen LogP contribution in [0.4, 0.5) is 0 Å². The van der Waals surface area contributed by atoms with E-state index < -0.39 is 0 Å². The first kappa shape index (κ1) is 16.3. The standard InChI is InChI=1S/C13H17BrN4O2S/c14-10-2-1-5-16-13(10)21-8-11(19)18-6-3-9(4-7-18)12(20)17-15/h1-2,5,9H,3-4,6-8,15H2,(H,17,20). The topological polar surface area (TPSA) is 88.3 Å². The van der Waals surface area contributed by atoms with Crippen LogP contribution in [-0.2, 0) is 9.59 Å². The van der Waals surface area contributed by atoms with Crippen LogP contribution in [0.25, 0.3) is 0 Å². The summed E-state index contributed by atoms with van der Waals surface area (Å²) in [5.41, 5.74) is 2.17. The van der Waals surface area contributed by atoms with Crippen molar-refractivity contribution in [2.75, 3.05) is 18.8 Å². The van der Waals surface area contributed by atoms with E-state index in [1.165, 1.54) is 11.8 Å². The summed E-state index contributed by atoms with van der Waals surface area (Å²) < 4.78 is 0.890. The molecule has 21 heavy (non-hydrogen) atoms. The molecule has 8 heteroatoms. The van der Waals surface area contributed by atoms with Crippen molar-refractivity contribution in [2.45, 2.75) is 17.9 Å². The van der Waals surface area contributed by atoms with Crippen molar-refractivity contribution >= 4 is 39.5 Å². The number of aromatic nitrogens is 1. The van der Waals surface area contributed by atoms with Gasteiger partial charge in [-0.3, -0.25) is 15.0 Å². The largest absolute Gasteiger partial charge is 0.342 e. The first-order valence-corrected chi connectivity index (χ1v) is 8.41. The molecule has 114 valence electrons. The molecule has 1 aliphatic heterocycles. The molecule has 1 aromatic heterocycles. The molecule has 0 aromatic carbocycles. The predicted octanol–water partition coefficient (Wildman–Crippen LogP) is 1.16. The van der Waals surface area contributed by atoms with Gasteiger partial charge in [-0.25, -0.2) is 10.8 Å². The molecule has 0 radical (unpaired) electrons. The van der Waals surface area contributed by atoms with Crippen LogP contribution in [0.15, 0.2) is 27.8 Å². The molecule has 1 fully saturated rings. The Hall–Kier alpha value is -1.12. The molecule has 0 unspecified atom stereocenters. The van der Waals surface area contributed by atoms with Gasteiger partial charge < -0.3 is 4.90 Å². The maximum atomic E-state index is 12.2. The van der Waals surface area contributed by atoms with Gasteiger partial charge in [-0.05, 0) is 40.9 Å². The Morgan fingerprint density at radius 1 is 1.48 bits per heavy atom. The number of carbonyl (C=O) groups is 2. The molecule has 2 amide bonds. The van der Waals surface area contributed by atoms with Gasteiger partial charge in [-0.1, -0.05) is 11.8 Å². The number of hydrazine groups is 1. The third-order valence-corrected chi connectivity index (χ3v) is 5.31. The number of nitrogens with two attached hydrogens (primary N) is 1. The number of nitrogens with one attached hydrogen (secondary N) is 1. The molecular weight excluding hydrogens is 356 g/mol. The monoisotopic (exact) mass is 372 g/mol. The minimum atomic E-state index is -0.145. The molecule has 1 saturated heterocycles. The lowest BCUT2D eigenvalue weighted by Crippen LogP contribution is -2.45. The zero-order chi connectivity index (χ0) is 15.2. The van der Waals surface area contributed by atoms with Gasteiger partial charge in [0.25, 0.3) is 0 Å². The quantitative estimate of drug-likeness (QED) is 0.358. The summed E-state index contributed by atoms with van der Waals surface area (Å²) in [5.74, 6) is 5.32. The first-order valence-electron chi connectivity index (χ1n) is 6.63. The summed E-state index contributed by atoms with van der Waals surface area (Å²) in [6.45, 7) is 1.20. The van der Waals surface area contributed by atoms with Gasteiger partial charge in [-0.15, -0.1) is 0 Å². The fourth-order valence-corrected chi connectivity index (χ4v) is 3.59. The number of likely N-dealkylation sites (tertiary alicyclic amines) is 1. The van der Waals surface area contributed by atoms with Gasteiger partial charge in [0, 0.05) is 29.7 Å². The fraction of sp³-hybridized carbons (Fsp3) is 0.462. The summed E-state index contributed by atoms with van der Waals surface area (Å²) in [6, 6.07) is 3.74. The second kappa shape index (κ2) is 7.77. The van der Waals surface area contributed by atoms with E-state index in [9.17, 15) is 9.59 Å². The van der Waals surface area contributed by atoms with Crippen molar-refractivity contribution in [2.24, 2.45) is 11.8 Å². The van der Waals surface area contributed by atoms with E-state index in [0.29, 0.717) is 31.7 Å². The van der Waals surface area contributed by atoms with Gasteiger partial charge in [-0.2, -0.15) is 0 Å². The molecule has 2 heterocycles. The number of rotatable bonds is 4. The minimum absolute atomic E-state index is 0.0733. The van der Waals surface area contributed by atoms with Gasteiger partial charge in [0.1, 0.15) is 5.03 Å². The molecule has 3 N–H and O–H groups in total. The molecule has 6 nitrogen and oxygen atoms in total. The van der Waals surface area contributed by atoms with E-state index in [1.54, 1.807) is 11.1 Å². The van der Waals surface area contributed by atoms with Crippen LogP contribution >= 0.6 is 27.7 Å². The summed E-state index contributed by atoms with van der Waals surface area (Å²) in [5, 5.41) is 0.809. The van der Waals surface area contributed by atoms with Crippen LogP contribution in [0.5, 0.6) is 0 Å². The number of halogens is 1. The van der Waals surface area contributed by atoms with Crippen molar-refractivity contribution in [3.05, 3.63) is 22.8 Å². The molecule has 2 rings (SSSR count). The van der Waals surface area contributed by atoms with Crippen molar-refractivity contribution in [3.63, 3.8) is 0 Å². The first-order chi connectivity index (χ1) is 10.1. The highest BCUT2D eigenvalue weighted by atomic mass is 79.9. The summed E-state index contributed by atoms with van der Waals surface area (Å²) in [4.78, 5) is 29.6. The maximum Gasteiger partial charge on any atom is 0.237 e. The van der Waals surface area contributed by atoms with Crippen LogP contribution < -0.4 is 11.3 Å². The van der Waals surface area contributed by atoms with E-state index >= 15 is 0 Å². The highest BCUT2D eigenvalue weighted by molar-refractivity contribution is 9.10. The minimum Gasteiger partial charge on any atom is -0.342 e. The number of pyridine rings is 1. The Morgan fingerprint density at radius 3 is 2.81 bits per heavy atom. The zero-order valence-electron chi connectivity index (χ0n) is 11.4. The number of hydrogen-bond donors (Lipinski definition) is 2. The van der Waals surface area contributed by atoms with E-state index in [-0.39, 0.29) is 17.7 Å². The van der Waals surface area contributed by atoms with Gasteiger partial charge in [0.05, 0.1) is 5.75 Å². The number of nitrogens with zero attached hydrogens (tertiary/aromatic N) is 2. The predicted molar refractivity (Wildman–Crippen MR) is 84.3 cm³/mol. The van der Waals surface area contributed by atoms with E-state index in [2.05, 4.69) is 26.3 Å². The third-order valence-electron chi connectivity index (χ3n) is 3.42. The highest BCUT2D eigenvalue weighted by Gasteiger charge is 2.26. The number of piperidine rings is 1. The third kappa shape index (κ3) is 4.42. The number of carbonyl (C=O) groups excluding carboxylic acids is 2. The second-order valence-electron chi connectivity index (χ2n) is 4.74. The molecular formula is C13H17BrN4O2S. The lowest BCUT2D eigenvalue weighted by atomic mass is 9.96. The molecule has 1 aromatic rings. The van der Waals surface area contributed by atoms with E-state index in [0.717, 1.165) is 9.50 Å². The van der Waals surface area contributed by atoms with Gasteiger partial charge >= 0.3 is 0 Å². The number of thioether (sulfide) groups is 1. The maximum absolute atomic E-state index is 12.2. The van der Waals surface area contributed by atoms with Gasteiger partial charge in [0.2, 0.25) is 11.8 Å². The summed E-state index contributed by atoms with van der Waals surface area (Å²) in [6.07, 6.45) is 3.02. The van der Waals surface area contributed by atoms with E-state index in [1.807, 2.05) is 12.1 Å². The Balaban J connectivity index is 1.80. The van der Waals surface area contributed by atoms with Crippen LogP contribution in [0.2, 0.25) is 0 Å². The average molecular weight is 373 g/mol. The second-order valence-corrected chi connectivity index (χ2v) is 6.56. The normalized spacial score (nSPS) is 15.8. The van der Waals surface area contributed by atoms with Crippen LogP contribution in [-0.4, -0.2) is 40.5 Å². The van der Waals surface area contributed by atoms with Crippen LogP contribution in [0.1, 0.15) is 12.8 Å². The highest BCUT2D eigenvalue weighted by Crippen LogP contribution is 2.25. The van der Waals surface area contributed by atoms with Crippen molar-refractivity contribution in [1.29, 1.82) is 0 Å². The molecule has 0 aliphatic carbocycles. The van der Waals surface area contributed by atoms with Crippen LogP contribution in [0, 0.1) is 5.92 Å². The van der Waals surface area contributed by atoms with Crippen molar-refractivity contribution in [3.8, 4) is 0 Å². The molecule has 0 saturated carbocycles.